The zero-order valence-corrected chi connectivity index (χ0v) is 11.0. The molecule has 1 rings (SSSR count). The van der Waals surface area contributed by atoms with Crippen molar-refractivity contribution in [1.29, 1.82) is 0 Å². The van der Waals surface area contributed by atoms with E-state index in [1.807, 2.05) is 0 Å². The molecule has 0 bridgehead atoms. The summed E-state index contributed by atoms with van der Waals surface area (Å²) in [6, 6.07) is 0.753. The molecule has 1 aromatic rings. The van der Waals surface area contributed by atoms with E-state index >= 15 is 0 Å². The monoisotopic (exact) mass is 379 g/mol. The van der Waals surface area contributed by atoms with Gasteiger partial charge in [0.2, 0.25) is 0 Å². The van der Waals surface area contributed by atoms with Crippen LogP contribution in [0.5, 0.6) is 5.75 Å². The minimum absolute atomic E-state index is 0.203. The number of esters is 1. The Morgan fingerprint density at radius 3 is 2.56 bits per heavy atom. The average molecular weight is 379 g/mol. The summed E-state index contributed by atoms with van der Waals surface area (Å²) in [4.78, 5) is 14.8. The van der Waals surface area contributed by atoms with E-state index < -0.39 is 30.3 Å². The number of aromatic nitrogens is 1. The van der Waals surface area contributed by atoms with Gasteiger partial charge in [-0.2, -0.15) is 0 Å². The molecule has 0 unspecified atom stereocenters. The third-order valence-electron chi connectivity index (χ3n) is 1.78. The molecule has 0 aromatic carbocycles. The summed E-state index contributed by atoms with van der Waals surface area (Å²) in [5, 5.41) is 0. The lowest BCUT2D eigenvalue weighted by Crippen LogP contribution is -2.19. The van der Waals surface area contributed by atoms with Crippen molar-refractivity contribution in [3.8, 4) is 5.75 Å². The molecule has 0 fully saturated rings. The molecule has 0 amide bonds. The van der Waals surface area contributed by atoms with Crippen LogP contribution in [0.3, 0.4) is 0 Å². The summed E-state index contributed by atoms with van der Waals surface area (Å²) >= 11 is 1.45. The van der Waals surface area contributed by atoms with Crippen LogP contribution in [0.25, 0.3) is 0 Å². The smallest absolute Gasteiger partial charge is 0.465 e. The summed E-state index contributed by atoms with van der Waals surface area (Å²) in [7, 11) is 1.02. The van der Waals surface area contributed by atoms with Gasteiger partial charge in [-0.05, 0) is 28.7 Å². The highest BCUT2D eigenvalue weighted by atomic mass is 127. The predicted molar refractivity (Wildman–Crippen MR) is 59.8 cm³/mol. The van der Waals surface area contributed by atoms with E-state index in [-0.39, 0.29) is 9.39 Å². The Kier molecular flexibility index (Phi) is 4.71. The van der Waals surface area contributed by atoms with Crippen LogP contribution in [0.15, 0.2) is 6.07 Å². The zero-order chi connectivity index (χ0) is 13.9. The fourth-order valence-corrected chi connectivity index (χ4v) is 1.65. The van der Waals surface area contributed by atoms with Gasteiger partial charge in [0.25, 0.3) is 0 Å². The Balaban J connectivity index is 3.25. The van der Waals surface area contributed by atoms with E-state index in [0.717, 1.165) is 13.2 Å². The predicted octanol–water partition coefficient (Wildman–Crippen LogP) is 2.84. The number of methoxy groups -OCH3 is 1. The summed E-state index contributed by atoms with van der Waals surface area (Å²) in [5.74, 6) is -1.67. The molecule has 0 aliphatic rings. The molecule has 1 aromatic heterocycles. The zero-order valence-electron chi connectivity index (χ0n) is 8.85. The van der Waals surface area contributed by atoms with E-state index in [9.17, 15) is 22.4 Å². The first-order chi connectivity index (χ1) is 8.28. The molecule has 0 saturated carbocycles. The van der Waals surface area contributed by atoms with Crippen molar-refractivity contribution < 1.29 is 31.8 Å². The number of ether oxygens (including phenoxy) is 2. The van der Waals surface area contributed by atoms with Crippen molar-refractivity contribution in [3.63, 3.8) is 0 Å². The maximum atomic E-state index is 12.6. The molecule has 0 aliphatic heterocycles. The lowest BCUT2D eigenvalue weighted by Gasteiger charge is -2.12. The van der Waals surface area contributed by atoms with Crippen LogP contribution in [0.1, 0.15) is 16.1 Å². The van der Waals surface area contributed by atoms with Crippen LogP contribution in [0, 0.1) is 3.70 Å². The Labute approximate surface area is 112 Å². The average Bonchev–Trinajstić information content (AvgIpc) is 2.28. The highest BCUT2D eigenvalue weighted by molar-refractivity contribution is 14.1. The van der Waals surface area contributed by atoms with Crippen LogP contribution in [-0.4, -0.2) is 24.4 Å². The largest absolute Gasteiger partial charge is 0.573 e. The van der Waals surface area contributed by atoms with Crippen LogP contribution in [-0.2, 0) is 11.4 Å². The molecule has 0 atom stereocenters. The number of alkyl halides is 4. The van der Waals surface area contributed by atoms with Crippen molar-refractivity contribution in [2.45, 2.75) is 13.0 Å². The third kappa shape index (κ3) is 3.68. The number of halogens is 5. The first kappa shape index (κ1) is 14.9. The molecule has 100 valence electrons. The molecule has 0 aliphatic carbocycles. The Morgan fingerprint density at radius 2 is 2.11 bits per heavy atom. The Morgan fingerprint density at radius 1 is 1.50 bits per heavy atom. The topological polar surface area (TPSA) is 48.4 Å². The van der Waals surface area contributed by atoms with Gasteiger partial charge in [0.15, 0.2) is 5.75 Å². The van der Waals surface area contributed by atoms with Crippen LogP contribution in [0.4, 0.5) is 17.6 Å². The van der Waals surface area contributed by atoms with E-state index in [1.165, 1.54) is 22.6 Å². The lowest BCUT2D eigenvalue weighted by molar-refractivity contribution is -0.275. The number of carbonyl (C=O) groups is 1. The van der Waals surface area contributed by atoms with Crippen LogP contribution >= 0.6 is 22.6 Å². The lowest BCUT2D eigenvalue weighted by atomic mass is 10.2. The molecule has 0 radical (unpaired) electrons. The second kappa shape index (κ2) is 5.67. The molecule has 18 heavy (non-hydrogen) atoms. The second-order valence-electron chi connectivity index (χ2n) is 2.94. The van der Waals surface area contributed by atoms with Gasteiger partial charge >= 0.3 is 12.3 Å². The second-order valence-corrected chi connectivity index (χ2v) is 3.97. The van der Waals surface area contributed by atoms with E-state index in [0.29, 0.717) is 0 Å². The standard InChI is InChI=1S/C9H6F4INO3/c1-17-8(16)4-2-6(18-9(11,12)13)7(14)15-5(4)3-10/h2H,3H2,1H3. The normalized spacial score (nSPS) is 11.2. The maximum Gasteiger partial charge on any atom is 0.573 e. The highest BCUT2D eigenvalue weighted by Gasteiger charge is 2.33. The molecular weight excluding hydrogens is 373 g/mol. The van der Waals surface area contributed by atoms with Gasteiger partial charge in [-0.25, -0.2) is 14.2 Å². The molecule has 9 heteroatoms. The molecular formula is C9H6F4INO3. The van der Waals surface area contributed by atoms with Crippen LogP contribution < -0.4 is 4.74 Å². The molecule has 0 N–H and O–H groups in total. The number of hydrogen-bond acceptors (Lipinski definition) is 4. The van der Waals surface area contributed by atoms with Gasteiger partial charge in [0, 0.05) is 0 Å². The number of hydrogen-bond donors (Lipinski definition) is 0. The number of nitrogens with zero attached hydrogens (tertiary/aromatic N) is 1. The quantitative estimate of drug-likeness (QED) is 0.351. The van der Waals surface area contributed by atoms with Crippen molar-refractivity contribution in [2.75, 3.05) is 7.11 Å². The van der Waals surface area contributed by atoms with Gasteiger partial charge in [-0.1, -0.05) is 0 Å². The number of rotatable bonds is 3. The molecule has 1 heterocycles. The molecule has 4 nitrogen and oxygen atoms in total. The summed E-state index contributed by atoms with van der Waals surface area (Å²) in [6.45, 7) is -1.10. The summed E-state index contributed by atoms with van der Waals surface area (Å²) in [6.07, 6.45) is -4.92. The molecule has 0 saturated heterocycles. The van der Waals surface area contributed by atoms with E-state index in [4.69, 9.17) is 0 Å². The fraction of sp³-hybridized carbons (Fsp3) is 0.333. The SMILES string of the molecule is COC(=O)c1cc(OC(F)(F)F)c(I)nc1CF. The Hall–Kier alpha value is -1.13. The maximum absolute atomic E-state index is 12.6. The van der Waals surface area contributed by atoms with Gasteiger partial charge < -0.3 is 9.47 Å². The number of carbonyl (C=O) groups excluding carboxylic acids is 1. The van der Waals surface area contributed by atoms with E-state index in [2.05, 4.69) is 14.5 Å². The van der Waals surface area contributed by atoms with Gasteiger partial charge in [0.1, 0.15) is 10.4 Å². The number of pyridine rings is 1. The van der Waals surface area contributed by atoms with Crippen molar-refractivity contribution in [3.05, 3.63) is 21.0 Å². The first-order valence-corrected chi connectivity index (χ1v) is 5.45. The minimum atomic E-state index is -4.92. The van der Waals surface area contributed by atoms with Crippen molar-refractivity contribution in [1.82, 2.24) is 4.98 Å². The van der Waals surface area contributed by atoms with Crippen LogP contribution in [0.2, 0.25) is 0 Å². The van der Waals surface area contributed by atoms with Gasteiger partial charge in [-0.15, -0.1) is 13.2 Å². The summed E-state index contributed by atoms with van der Waals surface area (Å²) < 4.78 is 56.6. The molecule has 0 spiro atoms. The van der Waals surface area contributed by atoms with Crippen molar-refractivity contribution in [2.24, 2.45) is 0 Å². The van der Waals surface area contributed by atoms with E-state index in [1.54, 1.807) is 0 Å². The van der Waals surface area contributed by atoms with Crippen molar-refractivity contribution >= 4 is 28.6 Å². The van der Waals surface area contributed by atoms with Gasteiger partial charge in [-0.3, -0.25) is 0 Å². The fourth-order valence-electron chi connectivity index (χ4n) is 1.09. The third-order valence-corrected chi connectivity index (χ3v) is 2.55. The highest BCUT2D eigenvalue weighted by Crippen LogP contribution is 2.29. The first-order valence-electron chi connectivity index (χ1n) is 4.38. The van der Waals surface area contributed by atoms with Gasteiger partial charge in [0.05, 0.1) is 18.4 Å². The minimum Gasteiger partial charge on any atom is -0.465 e. The Bertz CT molecular complexity index is 464. The summed E-state index contributed by atoms with van der Waals surface area (Å²) in [5.41, 5.74) is -0.708.